The van der Waals surface area contributed by atoms with E-state index in [1.807, 2.05) is 31.2 Å². The van der Waals surface area contributed by atoms with Crippen LogP contribution in [-0.2, 0) is 4.79 Å². The molecule has 126 valence electrons. The van der Waals surface area contributed by atoms with Gasteiger partial charge in [0.2, 0.25) is 0 Å². The molecule has 2 aromatic carbocycles. The van der Waals surface area contributed by atoms with E-state index in [2.05, 4.69) is 31.8 Å². The molecule has 0 saturated carbocycles. The maximum absolute atomic E-state index is 12.2. The Labute approximate surface area is 153 Å². The Morgan fingerprint density at radius 3 is 2.71 bits per heavy atom. The lowest BCUT2D eigenvalue weighted by molar-refractivity contribution is -0.121. The smallest absolute Gasteiger partial charge is 0.262 e. The maximum atomic E-state index is 12.2. The summed E-state index contributed by atoms with van der Waals surface area (Å²) in [6.45, 7) is 1.91. The number of hydrogen-bond donors (Lipinski definition) is 3. The van der Waals surface area contributed by atoms with Crippen molar-refractivity contribution >= 4 is 45.3 Å². The van der Waals surface area contributed by atoms with Gasteiger partial charge in [-0.25, -0.2) is 5.43 Å². The third kappa shape index (κ3) is 5.25. The summed E-state index contributed by atoms with van der Waals surface area (Å²) in [7, 11) is 0. The van der Waals surface area contributed by atoms with Gasteiger partial charge in [-0.2, -0.15) is 5.10 Å². The summed E-state index contributed by atoms with van der Waals surface area (Å²) in [5.41, 5.74) is 3.74. The van der Waals surface area contributed by atoms with Gasteiger partial charge >= 0.3 is 0 Å². The first-order valence-electron chi connectivity index (χ1n) is 7.33. The fourth-order valence-electron chi connectivity index (χ4n) is 1.97. The number of hydrazone groups is 1. The molecule has 2 rings (SSSR count). The van der Waals surface area contributed by atoms with Crippen molar-refractivity contribution in [1.82, 2.24) is 5.43 Å². The van der Waals surface area contributed by atoms with Gasteiger partial charge in [-0.15, -0.1) is 0 Å². The molecular formula is C17H17BrClN3O2. The number of carbonyl (C=O) groups is 1. The zero-order valence-corrected chi connectivity index (χ0v) is 15.3. The van der Waals surface area contributed by atoms with E-state index in [9.17, 15) is 9.90 Å². The second-order valence-corrected chi connectivity index (χ2v) is 6.40. The molecule has 7 heteroatoms. The quantitative estimate of drug-likeness (QED) is 0.495. The van der Waals surface area contributed by atoms with Crippen molar-refractivity contribution in [3.63, 3.8) is 0 Å². The standard InChI is InChI=1S/C17H17BrClN3O2/c1-2-15(21-14-6-3-12(18)4-7-14)17(24)22-20-10-11-9-13(19)5-8-16(11)23/h3-10,15,21,23H,2H2,1H3,(H,22,24)/b20-10+. The van der Waals surface area contributed by atoms with Gasteiger partial charge in [-0.3, -0.25) is 4.79 Å². The van der Waals surface area contributed by atoms with Crippen LogP contribution in [0, 0.1) is 0 Å². The summed E-state index contributed by atoms with van der Waals surface area (Å²) in [4.78, 5) is 12.2. The van der Waals surface area contributed by atoms with Gasteiger partial charge in [0.15, 0.2) is 0 Å². The fraction of sp³-hybridized carbons (Fsp3) is 0.176. The lowest BCUT2D eigenvalue weighted by Crippen LogP contribution is -2.36. The highest BCUT2D eigenvalue weighted by Gasteiger charge is 2.15. The molecule has 1 amide bonds. The summed E-state index contributed by atoms with van der Waals surface area (Å²) in [5.74, 6) is -0.226. The Morgan fingerprint density at radius 1 is 1.33 bits per heavy atom. The topological polar surface area (TPSA) is 73.7 Å². The number of carbonyl (C=O) groups excluding carboxylic acids is 1. The number of anilines is 1. The van der Waals surface area contributed by atoms with E-state index in [1.165, 1.54) is 12.3 Å². The summed E-state index contributed by atoms with van der Waals surface area (Å²) >= 11 is 9.23. The van der Waals surface area contributed by atoms with Crippen molar-refractivity contribution < 1.29 is 9.90 Å². The highest BCUT2D eigenvalue weighted by atomic mass is 79.9. The van der Waals surface area contributed by atoms with E-state index in [-0.39, 0.29) is 11.7 Å². The number of aromatic hydroxyl groups is 1. The lowest BCUT2D eigenvalue weighted by Gasteiger charge is -2.16. The highest BCUT2D eigenvalue weighted by molar-refractivity contribution is 9.10. The third-order valence-electron chi connectivity index (χ3n) is 3.28. The number of amides is 1. The molecule has 0 aliphatic rings. The molecule has 24 heavy (non-hydrogen) atoms. The van der Waals surface area contributed by atoms with Gasteiger partial charge in [0.05, 0.1) is 6.21 Å². The Hall–Kier alpha value is -2.05. The zero-order valence-electron chi connectivity index (χ0n) is 13.0. The van der Waals surface area contributed by atoms with E-state index in [0.717, 1.165) is 10.2 Å². The van der Waals surface area contributed by atoms with Gasteiger partial charge in [-0.05, 0) is 48.9 Å². The number of rotatable bonds is 6. The second-order valence-electron chi connectivity index (χ2n) is 5.05. The summed E-state index contributed by atoms with van der Waals surface area (Å²) in [5, 5.41) is 17.2. The summed E-state index contributed by atoms with van der Waals surface area (Å²) in [6.07, 6.45) is 1.95. The zero-order chi connectivity index (χ0) is 17.5. The molecule has 0 spiro atoms. The average molecular weight is 411 g/mol. The fourth-order valence-corrected chi connectivity index (χ4v) is 2.42. The number of halogens is 2. The first kappa shape index (κ1) is 18.3. The number of phenols is 1. The molecule has 0 aliphatic heterocycles. The molecule has 1 atom stereocenters. The normalized spacial score (nSPS) is 12.1. The van der Waals surface area contributed by atoms with Crippen LogP contribution in [-0.4, -0.2) is 23.3 Å². The Bertz CT molecular complexity index is 735. The van der Waals surface area contributed by atoms with Crippen LogP contribution in [0.5, 0.6) is 5.75 Å². The Morgan fingerprint density at radius 2 is 2.04 bits per heavy atom. The van der Waals surface area contributed by atoms with Crippen LogP contribution >= 0.6 is 27.5 Å². The SMILES string of the molecule is CCC(Nc1ccc(Br)cc1)C(=O)N/N=C/c1cc(Cl)ccc1O. The molecule has 0 aromatic heterocycles. The van der Waals surface area contributed by atoms with Crippen LogP contribution in [0.3, 0.4) is 0 Å². The molecule has 3 N–H and O–H groups in total. The number of nitrogens with one attached hydrogen (secondary N) is 2. The van der Waals surface area contributed by atoms with Gasteiger partial charge in [0.25, 0.3) is 5.91 Å². The first-order valence-corrected chi connectivity index (χ1v) is 8.50. The Kier molecular flexibility index (Phi) is 6.63. The van der Waals surface area contributed by atoms with Crippen LogP contribution < -0.4 is 10.7 Å². The Balaban J connectivity index is 1.97. The molecule has 0 saturated heterocycles. The first-order chi connectivity index (χ1) is 11.5. The molecule has 0 radical (unpaired) electrons. The molecule has 2 aromatic rings. The molecule has 0 bridgehead atoms. The van der Waals surface area contributed by atoms with Gasteiger partial charge in [-0.1, -0.05) is 34.5 Å². The molecule has 1 unspecified atom stereocenters. The van der Waals surface area contributed by atoms with Gasteiger partial charge in [0.1, 0.15) is 11.8 Å². The van der Waals surface area contributed by atoms with E-state index in [4.69, 9.17) is 11.6 Å². The number of phenolic OH excluding ortho intramolecular Hbond substituents is 1. The van der Waals surface area contributed by atoms with E-state index in [0.29, 0.717) is 17.0 Å². The summed E-state index contributed by atoms with van der Waals surface area (Å²) < 4.78 is 0.969. The van der Waals surface area contributed by atoms with Crippen LogP contribution in [0.15, 0.2) is 52.0 Å². The molecule has 0 aliphatic carbocycles. The maximum Gasteiger partial charge on any atom is 0.262 e. The summed E-state index contributed by atoms with van der Waals surface area (Å²) in [6, 6.07) is 11.7. The van der Waals surface area contributed by atoms with Crippen molar-refractivity contribution in [3.05, 3.63) is 57.5 Å². The van der Waals surface area contributed by atoms with Crippen LogP contribution in [0.2, 0.25) is 5.02 Å². The van der Waals surface area contributed by atoms with Crippen molar-refractivity contribution in [2.75, 3.05) is 5.32 Å². The number of benzene rings is 2. The number of hydrogen-bond acceptors (Lipinski definition) is 4. The highest BCUT2D eigenvalue weighted by Crippen LogP contribution is 2.19. The van der Waals surface area contributed by atoms with Crippen molar-refractivity contribution in [2.45, 2.75) is 19.4 Å². The predicted molar refractivity (Wildman–Crippen MR) is 101 cm³/mol. The van der Waals surface area contributed by atoms with E-state index >= 15 is 0 Å². The molecular weight excluding hydrogens is 394 g/mol. The van der Waals surface area contributed by atoms with Crippen molar-refractivity contribution in [1.29, 1.82) is 0 Å². The predicted octanol–water partition coefficient (Wildman–Crippen LogP) is 4.15. The van der Waals surface area contributed by atoms with Crippen LogP contribution in [0.1, 0.15) is 18.9 Å². The molecule has 0 fully saturated rings. The van der Waals surface area contributed by atoms with Gasteiger partial charge < -0.3 is 10.4 Å². The minimum atomic E-state index is -0.420. The third-order valence-corrected chi connectivity index (χ3v) is 4.04. The average Bonchev–Trinajstić information content (AvgIpc) is 2.57. The van der Waals surface area contributed by atoms with E-state index < -0.39 is 6.04 Å². The van der Waals surface area contributed by atoms with Crippen molar-refractivity contribution in [2.24, 2.45) is 5.10 Å². The molecule has 5 nitrogen and oxygen atoms in total. The van der Waals surface area contributed by atoms with Crippen LogP contribution in [0.25, 0.3) is 0 Å². The molecule has 0 heterocycles. The number of nitrogens with zero attached hydrogens (tertiary/aromatic N) is 1. The van der Waals surface area contributed by atoms with Crippen molar-refractivity contribution in [3.8, 4) is 5.75 Å². The van der Waals surface area contributed by atoms with Gasteiger partial charge in [0, 0.05) is 20.7 Å². The van der Waals surface area contributed by atoms with E-state index in [1.54, 1.807) is 12.1 Å². The monoisotopic (exact) mass is 409 g/mol. The minimum Gasteiger partial charge on any atom is -0.507 e. The largest absolute Gasteiger partial charge is 0.507 e. The van der Waals surface area contributed by atoms with Crippen LogP contribution in [0.4, 0.5) is 5.69 Å². The second kappa shape index (κ2) is 8.70. The minimum absolute atomic E-state index is 0.0393. The lowest BCUT2D eigenvalue weighted by atomic mass is 10.2.